The van der Waals surface area contributed by atoms with E-state index in [4.69, 9.17) is 5.73 Å². The SMILES string of the molecule is CCC(CC)(CN)CNS(=O)(=O)c1cn(C)cn1. The molecule has 18 heavy (non-hydrogen) atoms. The Morgan fingerprint density at radius 2 is 2.06 bits per heavy atom. The van der Waals surface area contributed by atoms with Crippen molar-refractivity contribution in [3.63, 3.8) is 0 Å². The molecule has 0 unspecified atom stereocenters. The van der Waals surface area contributed by atoms with Crippen LogP contribution in [-0.4, -0.2) is 31.1 Å². The third-order valence-corrected chi connectivity index (χ3v) is 4.81. The van der Waals surface area contributed by atoms with Gasteiger partial charge >= 0.3 is 0 Å². The zero-order valence-electron chi connectivity index (χ0n) is 11.2. The zero-order valence-corrected chi connectivity index (χ0v) is 12.0. The van der Waals surface area contributed by atoms with Gasteiger partial charge in [-0.15, -0.1) is 0 Å². The van der Waals surface area contributed by atoms with Crippen molar-refractivity contribution in [2.75, 3.05) is 13.1 Å². The first-order valence-corrected chi connectivity index (χ1v) is 7.55. The third-order valence-electron chi connectivity index (χ3n) is 3.53. The number of aryl methyl sites for hydroxylation is 1. The molecule has 0 fully saturated rings. The Kier molecular flexibility index (Phi) is 4.89. The molecule has 7 heteroatoms. The quantitative estimate of drug-likeness (QED) is 0.756. The molecule has 0 saturated carbocycles. The first-order valence-electron chi connectivity index (χ1n) is 6.07. The first kappa shape index (κ1) is 15.1. The van der Waals surface area contributed by atoms with E-state index < -0.39 is 10.0 Å². The van der Waals surface area contributed by atoms with Crippen molar-refractivity contribution in [2.45, 2.75) is 31.7 Å². The summed E-state index contributed by atoms with van der Waals surface area (Å²) in [6.07, 6.45) is 4.62. The lowest BCUT2D eigenvalue weighted by atomic mass is 9.83. The highest BCUT2D eigenvalue weighted by Crippen LogP contribution is 2.24. The van der Waals surface area contributed by atoms with Gasteiger partial charge in [0.1, 0.15) is 0 Å². The van der Waals surface area contributed by atoms with E-state index in [2.05, 4.69) is 9.71 Å². The molecule has 104 valence electrons. The van der Waals surface area contributed by atoms with Gasteiger partial charge in [0.15, 0.2) is 5.03 Å². The summed E-state index contributed by atoms with van der Waals surface area (Å²) in [6.45, 7) is 4.84. The standard InChI is InChI=1S/C11H22N4O2S/c1-4-11(5-2,7-12)8-14-18(16,17)10-6-15(3)9-13-10/h6,9,14H,4-5,7-8,12H2,1-3H3. The summed E-state index contributed by atoms with van der Waals surface area (Å²) in [5, 5.41) is 0.0446. The molecular weight excluding hydrogens is 252 g/mol. The highest BCUT2D eigenvalue weighted by Gasteiger charge is 2.27. The Morgan fingerprint density at radius 3 is 2.44 bits per heavy atom. The van der Waals surface area contributed by atoms with Crippen molar-refractivity contribution in [3.8, 4) is 0 Å². The molecule has 0 saturated heterocycles. The van der Waals surface area contributed by atoms with Gasteiger partial charge in [-0.3, -0.25) is 0 Å². The van der Waals surface area contributed by atoms with E-state index in [1.54, 1.807) is 11.6 Å². The second kappa shape index (κ2) is 5.81. The number of hydrogen-bond acceptors (Lipinski definition) is 4. The average molecular weight is 274 g/mol. The maximum Gasteiger partial charge on any atom is 0.259 e. The summed E-state index contributed by atoms with van der Waals surface area (Å²) < 4.78 is 28.2. The minimum Gasteiger partial charge on any atom is -0.339 e. The van der Waals surface area contributed by atoms with E-state index in [1.807, 2.05) is 13.8 Å². The molecule has 1 aromatic rings. The van der Waals surface area contributed by atoms with Crippen LogP contribution in [-0.2, 0) is 17.1 Å². The van der Waals surface area contributed by atoms with E-state index in [-0.39, 0.29) is 10.4 Å². The molecule has 0 bridgehead atoms. The van der Waals surface area contributed by atoms with Crippen LogP contribution >= 0.6 is 0 Å². The second-order valence-corrected chi connectivity index (χ2v) is 6.33. The number of aromatic nitrogens is 2. The monoisotopic (exact) mass is 274 g/mol. The number of imidazole rings is 1. The fraction of sp³-hybridized carbons (Fsp3) is 0.727. The molecule has 0 aliphatic rings. The number of nitrogens with two attached hydrogens (primary N) is 1. The van der Waals surface area contributed by atoms with Crippen molar-refractivity contribution in [1.29, 1.82) is 0 Å². The minimum atomic E-state index is -3.54. The van der Waals surface area contributed by atoms with Crippen LogP contribution in [0.1, 0.15) is 26.7 Å². The molecule has 1 rings (SSSR count). The average Bonchev–Trinajstić information content (AvgIpc) is 2.79. The normalized spacial score (nSPS) is 12.9. The number of rotatable bonds is 7. The fourth-order valence-corrected chi connectivity index (χ4v) is 2.85. The number of nitrogens with one attached hydrogen (secondary N) is 1. The highest BCUT2D eigenvalue weighted by atomic mass is 32.2. The highest BCUT2D eigenvalue weighted by molar-refractivity contribution is 7.89. The number of nitrogens with zero attached hydrogens (tertiary/aromatic N) is 2. The molecular formula is C11H22N4O2S. The van der Waals surface area contributed by atoms with Gasteiger partial charge in [-0.2, -0.15) is 0 Å². The lowest BCUT2D eigenvalue weighted by Crippen LogP contribution is -2.41. The van der Waals surface area contributed by atoms with Gasteiger partial charge in [0, 0.05) is 19.8 Å². The Hall–Kier alpha value is -0.920. The van der Waals surface area contributed by atoms with Gasteiger partial charge in [-0.25, -0.2) is 18.1 Å². The van der Waals surface area contributed by atoms with E-state index >= 15 is 0 Å². The van der Waals surface area contributed by atoms with Crippen LogP contribution in [0.5, 0.6) is 0 Å². The summed E-state index contributed by atoms with van der Waals surface area (Å²) in [4.78, 5) is 3.85. The summed E-state index contributed by atoms with van der Waals surface area (Å²) in [5.74, 6) is 0. The predicted octanol–water partition coefficient (Wildman–Crippen LogP) is 0.464. The van der Waals surface area contributed by atoms with E-state index in [1.165, 1.54) is 12.5 Å². The smallest absolute Gasteiger partial charge is 0.259 e. The Morgan fingerprint density at radius 1 is 1.44 bits per heavy atom. The maximum absolute atomic E-state index is 12.0. The summed E-state index contributed by atoms with van der Waals surface area (Å²) in [5.41, 5.74) is 5.57. The van der Waals surface area contributed by atoms with Gasteiger partial charge in [-0.1, -0.05) is 13.8 Å². The van der Waals surface area contributed by atoms with Crippen molar-refractivity contribution in [2.24, 2.45) is 18.2 Å². The Balaban J connectivity index is 2.79. The summed E-state index contributed by atoms with van der Waals surface area (Å²) in [6, 6.07) is 0. The van der Waals surface area contributed by atoms with Crippen LogP contribution < -0.4 is 10.5 Å². The fourth-order valence-electron chi connectivity index (χ4n) is 1.71. The molecule has 1 heterocycles. The molecule has 0 spiro atoms. The molecule has 3 N–H and O–H groups in total. The first-order chi connectivity index (χ1) is 8.39. The van der Waals surface area contributed by atoms with Crippen LogP contribution in [0.15, 0.2) is 17.6 Å². The van der Waals surface area contributed by atoms with Crippen molar-refractivity contribution in [3.05, 3.63) is 12.5 Å². The topological polar surface area (TPSA) is 90.0 Å². The molecule has 0 atom stereocenters. The van der Waals surface area contributed by atoms with Crippen LogP contribution in [0.3, 0.4) is 0 Å². The molecule has 0 aromatic carbocycles. The van der Waals surface area contributed by atoms with Gasteiger partial charge < -0.3 is 10.3 Å². The Bertz CT molecular complexity index is 469. The maximum atomic E-state index is 12.0. The predicted molar refractivity (Wildman–Crippen MR) is 70.5 cm³/mol. The number of hydrogen-bond donors (Lipinski definition) is 2. The van der Waals surface area contributed by atoms with Crippen LogP contribution in [0.4, 0.5) is 0 Å². The molecule has 0 radical (unpaired) electrons. The molecule has 0 amide bonds. The lowest BCUT2D eigenvalue weighted by Gasteiger charge is -2.29. The van der Waals surface area contributed by atoms with Gasteiger partial charge in [0.25, 0.3) is 10.0 Å². The lowest BCUT2D eigenvalue weighted by molar-refractivity contribution is 0.275. The Labute approximate surface area is 109 Å². The van der Waals surface area contributed by atoms with Crippen LogP contribution in [0.25, 0.3) is 0 Å². The molecule has 6 nitrogen and oxygen atoms in total. The second-order valence-electron chi connectivity index (χ2n) is 4.61. The molecule has 0 aliphatic carbocycles. The van der Waals surface area contributed by atoms with Gasteiger partial charge in [0.2, 0.25) is 0 Å². The molecule has 0 aliphatic heterocycles. The van der Waals surface area contributed by atoms with Gasteiger partial charge in [-0.05, 0) is 24.8 Å². The number of sulfonamides is 1. The van der Waals surface area contributed by atoms with E-state index in [0.717, 1.165) is 12.8 Å². The summed E-state index contributed by atoms with van der Waals surface area (Å²) >= 11 is 0. The third kappa shape index (κ3) is 3.30. The van der Waals surface area contributed by atoms with Crippen molar-refractivity contribution >= 4 is 10.0 Å². The van der Waals surface area contributed by atoms with Crippen LogP contribution in [0, 0.1) is 5.41 Å². The van der Waals surface area contributed by atoms with Crippen molar-refractivity contribution in [1.82, 2.24) is 14.3 Å². The summed E-state index contributed by atoms with van der Waals surface area (Å²) in [7, 11) is -1.81. The van der Waals surface area contributed by atoms with Gasteiger partial charge in [0.05, 0.1) is 6.33 Å². The van der Waals surface area contributed by atoms with E-state index in [0.29, 0.717) is 13.1 Å². The zero-order chi connectivity index (χ0) is 13.8. The minimum absolute atomic E-state index is 0.0446. The van der Waals surface area contributed by atoms with Crippen molar-refractivity contribution < 1.29 is 8.42 Å². The van der Waals surface area contributed by atoms with Crippen LogP contribution in [0.2, 0.25) is 0 Å². The molecule has 1 aromatic heterocycles. The largest absolute Gasteiger partial charge is 0.339 e. The van der Waals surface area contributed by atoms with E-state index in [9.17, 15) is 8.42 Å².